The largest absolute Gasteiger partial charge is 0.353 e. The molecule has 1 saturated heterocycles. The summed E-state index contributed by atoms with van der Waals surface area (Å²) in [5.74, 6) is 1.79. The van der Waals surface area contributed by atoms with Gasteiger partial charge in [0.15, 0.2) is 5.13 Å². The molecule has 24 heavy (non-hydrogen) atoms. The second kappa shape index (κ2) is 6.55. The van der Waals surface area contributed by atoms with E-state index < -0.39 is 0 Å². The van der Waals surface area contributed by atoms with Crippen molar-refractivity contribution in [2.75, 3.05) is 55.0 Å². The number of aromatic nitrogens is 3. The van der Waals surface area contributed by atoms with Crippen molar-refractivity contribution in [1.29, 1.82) is 0 Å². The van der Waals surface area contributed by atoms with Crippen LogP contribution < -0.4 is 14.7 Å². The molecule has 0 atom stereocenters. The van der Waals surface area contributed by atoms with Crippen molar-refractivity contribution < 1.29 is 0 Å². The molecule has 0 radical (unpaired) electrons. The highest BCUT2D eigenvalue weighted by Gasteiger charge is 2.23. The molecule has 1 fully saturated rings. The van der Waals surface area contributed by atoms with Gasteiger partial charge in [-0.1, -0.05) is 0 Å². The molecule has 0 N–H and O–H groups in total. The van der Waals surface area contributed by atoms with Gasteiger partial charge in [-0.3, -0.25) is 0 Å². The highest BCUT2D eigenvalue weighted by atomic mass is 32.1. The quantitative estimate of drug-likeness (QED) is 0.851. The molecule has 1 aliphatic carbocycles. The average Bonchev–Trinajstić information content (AvgIpc) is 3.06. The Balaban J connectivity index is 1.43. The minimum absolute atomic E-state index is 0.766. The Morgan fingerprint density at radius 3 is 2.50 bits per heavy atom. The lowest BCUT2D eigenvalue weighted by molar-refractivity contribution is 0.641. The van der Waals surface area contributed by atoms with Crippen LogP contribution in [-0.2, 0) is 12.8 Å². The Hall–Kier alpha value is -1.89. The van der Waals surface area contributed by atoms with Gasteiger partial charge in [0.05, 0.1) is 5.69 Å². The van der Waals surface area contributed by atoms with Crippen LogP contribution in [0.2, 0.25) is 0 Å². The van der Waals surface area contributed by atoms with Crippen LogP contribution in [0.3, 0.4) is 0 Å². The summed E-state index contributed by atoms with van der Waals surface area (Å²) in [6.45, 7) is 3.98. The van der Waals surface area contributed by atoms with Gasteiger partial charge in [-0.2, -0.15) is 4.98 Å². The molecule has 0 spiro atoms. The van der Waals surface area contributed by atoms with Crippen molar-refractivity contribution in [3.8, 4) is 0 Å². The maximum atomic E-state index is 4.90. The molecule has 128 valence electrons. The highest BCUT2D eigenvalue weighted by Crippen LogP contribution is 2.32. The zero-order chi connectivity index (χ0) is 16.5. The summed E-state index contributed by atoms with van der Waals surface area (Å²) in [6, 6.07) is 2.00. The van der Waals surface area contributed by atoms with Crippen molar-refractivity contribution in [2.45, 2.75) is 25.7 Å². The first kappa shape index (κ1) is 15.6. The Kier molecular flexibility index (Phi) is 4.26. The van der Waals surface area contributed by atoms with Gasteiger partial charge in [0, 0.05) is 51.3 Å². The van der Waals surface area contributed by atoms with Gasteiger partial charge in [0.25, 0.3) is 0 Å². The molecule has 0 unspecified atom stereocenters. The van der Waals surface area contributed by atoms with Gasteiger partial charge >= 0.3 is 0 Å². The maximum absolute atomic E-state index is 4.90. The normalized spacial score (nSPS) is 17.8. The molecular formula is C17H24N6S. The van der Waals surface area contributed by atoms with E-state index in [1.165, 1.54) is 41.4 Å². The van der Waals surface area contributed by atoms with Crippen LogP contribution in [-0.4, -0.2) is 55.2 Å². The SMILES string of the molecule is CN(C)c1nccc(N2CCN(c3nc4c(s3)CCCC4)CC2)n1. The van der Waals surface area contributed by atoms with E-state index in [9.17, 15) is 0 Å². The topological polar surface area (TPSA) is 48.4 Å². The molecule has 2 aromatic rings. The zero-order valence-electron chi connectivity index (χ0n) is 14.4. The van der Waals surface area contributed by atoms with Gasteiger partial charge in [-0.15, -0.1) is 11.3 Å². The lowest BCUT2D eigenvalue weighted by Crippen LogP contribution is -2.46. The minimum atomic E-state index is 0.766. The molecule has 6 nitrogen and oxygen atoms in total. The van der Waals surface area contributed by atoms with Crippen LogP contribution in [0.1, 0.15) is 23.4 Å². The lowest BCUT2D eigenvalue weighted by Gasteiger charge is -2.35. The lowest BCUT2D eigenvalue weighted by atomic mass is 10.0. The molecule has 7 heteroatoms. The van der Waals surface area contributed by atoms with Gasteiger partial charge in [-0.25, -0.2) is 9.97 Å². The van der Waals surface area contributed by atoms with Crippen LogP contribution in [0.25, 0.3) is 0 Å². The van der Waals surface area contributed by atoms with Crippen LogP contribution in [0.15, 0.2) is 12.3 Å². The smallest absolute Gasteiger partial charge is 0.226 e. The molecule has 3 heterocycles. The standard InChI is InChI=1S/C17H24N6S/c1-21(2)16-18-8-7-15(20-16)22-9-11-23(12-10-22)17-19-13-5-3-4-6-14(13)24-17/h7-8H,3-6,9-12H2,1-2H3. The van der Waals surface area contributed by atoms with E-state index >= 15 is 0 Å². The Labute approximate surface area is 147 Å². The number of thiazole rings is 1. The van der Waals surface area contributed by atoms with E-state index in [0.29, 0.717) is 0 Å². The van der Waals surface area contributed by atoms with Gasteiger partial charge in [-0.05, 0) is 31.7 Å². The Bertz CT molecular complexity index is 681. The first-order valence-electron chi connectivity index (χ1n) is 8.69. The molecule has 0 bridgehead atoms. The summed E-state index contributed by atoms with van der Waals surface area (Å²) in [5, 5.41) is 1.22. The third-order valence-electron chi connectivity index (χ3n) is 4.74. The van der Waals surface area contributed by atoms with E-state index in [4.69, 9.17) is 4.98 Å². The fourth-order valence-electron chi connectivity index (χ4n) is 3.33. The molecular weight excluding hydrogens is 320 g/mol. The van der Waals surface area contributed by atoms with Gasteiger partial charge in [0.2, 0.25) is 5.95 Å². The van der Waals surface area contributed by atoms with Crippen LogP contribution in [0.5, 0.6) is 0 Å². The summed E-state index contributed by atoms with van der Waals surface area (Å²) in [7, 11) is 3.95. The van der Waals surface area contributed by atoms with Gasteiger partial charge < -0.3 is 14.7 Å². The monoisotopic (exact) mass is 344 g/mol. The first-order chi connectivity index (χ1) is 11.7. The molecule has 1 aliphatic heterocycles. The van der Waals surface area contributed by atoms with Gasteiger partial charge in [0.1, 0.15) is 5.82 Å². The van der Waals surface area contributed by atoms with Crippen molar-refractivity contribution in [1.82, 2.24) is 15.0 Å². The number of nitrogens with zero attached hydrogens (tertiary/aromatic N) is 6. The van der Waals surface area contributed by atoms with Crippen molar-refractivity contribution >= 4 is 28.2 Å². The number of anilines is 3. The summed E-state index contributed by atoms with van der Waals surface area (Å²) < 4.78 is 0. The average molecular weight is 344 g/mol. The second-order valence-electron chi connectivity index (χ2n) is 6.66. The Morgan fingerprint density at radius 2 is 1.75 bits per heavy atom. The van der Waals surface area contributed by atoms with E-state index in [-0.39, 0.29) is 0 Å². The zero-order valence-corrected chi connectivity index (χ0v) is 15.2. The summed E-state index contributed by atoms with van der Waals surface area (Å²) in [5.41, 5.74) is 1.36. The summed E-state index contributed by atoms with van der Waals surface area (Å²) >= 11 is 1.91. The number of aryl methyl sites for hydroxylation is 2. The highest BCUT2D eigenvalue weighted by molar-refractivity contribution is 7.15. The predicted molar refractivity (Wildman–Crippen MR) is 99.5 cm³/mol. The third kappa shape index (κ3) is 3.05. The fourth-order valence-corrected chi connectivity index (χ4v) is 4.53. The molecule has 2 aromatic heterocycles. The van der Waals surface area contributed by atoms with E-state index in [1.807, 2.05) is 42.6 Å². The number of piperazine rings is 1. The Morgan fingerprint density at radius 1 is 1.00 bits per heavy atom. The fraction of sp³-hybridized carbons (Fsp3) is 0.588. The van der Waals surface area contributed by atoms with E-state index in [2.05, 4.69) is 19.8 Å². The van der Waals surface area contributed by atoms with Crippen molar-refractivity contribution in [3.63, 3.8) is 0 Å². The number of hydrogen-bond acceptors (Lipinski definition) is 7. The first-order valence-corrected chi connectivity index (χ1v) is 9.51. The van der Waals surface area contributed by atoms with E-state index in [1.54, 1.807) is 0 Å². The molecule has 0 saturated carbocycles. The number of fused-ring (bicyclic) bond motifs is 1. The summed E-state index contributed by atoms with van der Waals surface area (Å²) in [6.07, 6.45) is 6.86. The third-order valence-corrected chi connectivity index (χ3v) is 5.95. The number of hydrogen-bond donors (Lipinski definition) is 0. The van der Waals surface area contributed by atoms with Crippen LogP contribution in [0, 0.1) is 0 Å². The van der Waals surface area contributed by atoms with Crippen molar-refractivity contribution in [2.24, 2.45) is 0 Å². The number of rotatable bonds is 3. The molecule has 0 aromatic carbocycles. The van der Waals surface area contributed by atoms with Crippen molar-refractivity contribution in [3.05, 3.63) is 22.8 Å². The van der Waals surface area contributed by atoms with Crippen LogP contribution >= 0.6 is 11.3 Å². The van der Waals surface area contributed by atoms with E-state index in [0.717, 1.165) is 37.9 Å². The molecule has 0 amide bonds. The minimum Gasteiger partial charge on any atom is -0.353 e. The maximum Gasteiger partial charge on any atom is 0.226 e. The van der Waals surface area contributed by atoms with Crippen LogP contribution in [0.4, 0.5) is 16.9 Å². The summed E-state index contributed by atoms with van der Waals surface area (Å²) in [4.78, 5) is 22.1. The predicted octanol–water partition coefficient (Wildman–Crippen LogP) is 2.20. The second-order valence-corrected chi connectivity index (χ2v) is 7.72. The molecule has 4 rings (SSSR count). The molecule has 2 aliphatic rings.